The monoisotopic (exact) mass is 543 g/mol. The number of aldehydes is 1. The molecule has 34 heavy (non-hydrogen) atoms. The van der Waals surface area contributed by atoms with Crippen molar-refractivity contribution in [3.8, 4) is 0 Å². The van der Waals surface area contributed by atoms with Crippen molar-refractivity contribution in [3.63, 3.8) is 0 Å². The summed E-state index contributed by atoms with van der Waals surface area (Å²) in [6.45, 7) is 1.49. The van der Waals surface area contributed by atoms with E-state index >= 15 is 0 Å². The predicted molar refractivity (Wildman–Crippen MR) is 121 cm³/mol. The van der Waals surface area contributed by atoms with Gasteiger partial charge in [-0.25, -0.2) is 0 Å². The van der Waals surface area contributed by atoms with Gasteiger partial charge in [-0.2, -0.15) is 0 Å². The molecule has 0 saturated carbocycles. The van der Waals surface area contributed by atoms with E-state index in [2.05, 4.69) is 10.6 Å². The molecule has 0 bridgehead atoms. The number of carbonyl (C=O) groups excluding carboxylic acids is 5. The van der Waals surface area contributed by atoms with Gasteiger partial charge in [0, 0.05) is 39.0 Å². The molecule has 0 aromatic heterocycles. The van der Waals surface area contributed by atoms with Crippen LogP contribution in [-0.4, -0.2) is 61.1 Å². The van der Waals surface area contributed by atoms with Gasteiger partial charge in [0.2, 0.25) is 17.7 Å². The topological polar surface area (TPSA) is 124 Å². The fourth-order valence-electron chi connectivity index (χ4n) is 3.18. The van der Waals surface area contributed by atoms with E-state index in [-0.39, 0.29) is 101 Å². The predicted octanol–water partition coefficient (Wildman–Crippen LogP) is -0.935. The first kappa shape index (κ1) is 30.8. The fraction of sp³-hybridized carbons (Fsp3) is 0.542. The number of β-lactam (4-membered cyclic amide) rings is 1. The maximum Gasteiger partial charge on any atom is 1.00 e. The molecule has 0 atom stereocenters. The molecule has 0 unspecified atom stereocenters. The van der Waals surface area contributed by atoms with Crippen LogP contribution in [0.4, 0.5) is 0 Å². The molecular formula is C24H32N3O6Rb. The van der Waals surface area contributed by atoms with Gasteiger partial charge in [0.25, 0.3) is 0 Å². The van der Waals surface area contributed by atoms with E-state index in [0.717, 1.165) is 36.7 Å². The minimum absolute atomic E-state index is 0. The van der Waals surface area contributed by atoms with Crippen LogP contribution in [0.25, 0.3) is 5.32 Å². The molecule has 4 amide bonds. The maximum absolute atomic E-state index is 12.0. The maximum atomic E-state index is 12.0. The van der Waals surface area contributed by atoms with Crippen LogP contribution < -0.4 is 63.5 Å². The number of amides is 4. The van der Waals surface area contributed by atoms with Gasteiger partial charge in [0.05, 0.1) is 18.9 Å². The second kappa shape index (κ2) is 18.1. The molecule has 1 aromatic carbocycles. The molecule has 9 nitrogen and oxygen atoms in total. The summed E-state index contributed by atoms with van der Waals surface area (Å²) in [5.74, 6) is -0.741. The van der Waals surface area contributed by atoms with Gasteiger partial charge in [-0.3, -0.25) is 19.3 Å². The van der Waals surface area contributed by atoms with E-state index in [1.807, 2.05) is 0 Å². The summed E-state index contributed by atoms with van der Waals surface area (Å²) >= 11 is 0. The zero-order chi connectivity index (χ0) is 23.9. The minimum atomic E-state index is -0.370. The number of rotatable bonds is 16. The number of benzene rings is 1. The molecule has 1 saturated heterocycles. The van der Waals surface area contributed by atoms with Crippen molar-refractivity contribution in [1.82, 2.24) is 10.2 Å². The third kappa shape index (κ3) is 12.4. The average Bonchev–Trinajstić information content (AvgIpc) is 2.79. The van der Waals surface area contributed by atoms with Crippen LogP contribution in [-0.2, 0) is 41.7 Å². The number of likely N-dealkylation sites (tertiary alicyclic amines) is 1. The largest absolute Gasteiger partial charge is 1.00 e. The summed E-state index contributed by atoms with van der Waals surface area (Å²) in [6, 6.07) is 7.20. The number of hydrogen-bond donors (Lipinski definition) is 1. The van der Waals surface area contributed by atoms with Gasteiger partial charge in [0.1, 0.15) is 6.29 Å². The van der Waals surface area contributed by atoms with Crippen LogP contribution in [0.5, 0.6) is 0 Å². The standard InChI is InChI=1S/C24H33N3O6.Rb/c28-14-4-2-1-3-12-25-21(29)6-5-15-33-18-22(30)26-17-20-9-7-19(8-10-20)16-24(32)27-13-11-23(27)31;/h7-10,14H,1-6,11-13,15-18H2,(H2,25,26,29,30);/q;+1/p-1. The number of nitrogens with zero attached hydrogens (tertiary/aromatic N) is 2. The molecule has 1 aromatic rings. The summed E-state index contributed by atoms with van der Waals surface area (Å²) in [5, 5.41) is 6.79. The minimum Gasteiger partial charge on any atom is -0.648 e. The Bertz CT molecular complexity index is 815. The Morgan fingerprint density at radius 1 is 1.06 bits per heavy atom. The Kier molecular flexibility index (Phi) is 16.3. The van der Waals surface area contributed by atoms with Gasteiger partial charge in [-0.15, -0.1) is 6.54 Å². The summed E-state index contributed by atoms with van der Waals surface area (Å²) in [7, 11) is 0. The summed E-state index contributed by atoms with van der Waals surface area (Å²) in [4.78, 5) is 58.3. The smallest absolute Gasteiger partial charge is 0.648 e. The van der Waals surface area contributed by atoms with Crippen molar-refractivity contribution in [2.45, 2.75) is 57.9 Å². The van der Waals surface area contributed by atoms with Gasteiger partial charge in [-0.1, -0.05) is 36.2 Å². The molecule has 2 rings (SSSR count). The molecule has 0 radical (unpaired) electrons. The van der Waals surface area contributed by atoms with Gasteiger partial charge >= 0.3 is 58.2 Å². The molecule has 0 spiro atoms. The van der Waals surface area contributed by atoms with E-state index in [1.165, 1.54) is 4.90 Å². The van der Waals surface area contributed by atoms with E-state index < -0.39 is 0 Å². The second-order valence-corrected chi connectivity index (χ2v) is 7.91. The number of imide groups is 1. The zero-order valence-corrected chi connectivity index (χ0v) is 24.8. The summed E-state index contributed by atoms with van der Waals surface area (Å²) < 4.78 is 5.29. The molecule has 1 N–H and O–H groups in total. The first-order valence-electron chi connectivity index (χ1n) is 11.4. The first-order chi connectivity index (χ1) is 16.0. The van der Waals surface area contributed by atoms with Crippen LogP contribution in [0.3, 0.4) is 0 Å². The number of unbranched alkanes of at least 4 members (excludes halogenated alkanes) is 3. The number of ether oxygens (including phenoxy) is 1. The molecular weight excluding hydrogens is 512 g/mol. The van der Waals surface area contributed by atoms with E-state index in [4.69, 9.17) is 4.74 Å². The Labute approximate surface area is 249 Å². The van der Waals surface area contributed by atoms with E-state index in [0.29, 0.717) is 45.4 Å². The van der Waals surface area contributed by atoms with E-state index in [1.54, 1.807) is 24.3 Å². The van der Waals surface area contributed by atoms with Crippen LogP contribution in [0.15, 0.2) is 24.3 Å². The summed E-state index contributed by atoms with van der Waals surface area (Å²) in [5.41, 5.74) is 1.64. The van der Waals surface area contributed by atoms with Crippen LogP contribution >= 0.6 is 0 Å². The number of nitrogens with one attached hydrogen (secondary N) is 1. The second-order valence-electron chi connectivity index (χ2n) is 7.91. The molecule has 1 heterocycles. The molecule has 1 aliphatic rings. The van der Waals surface area contributed by atoms with Crippen molar-refractivity contribution in [2.24, 2.45) is 0 Å². The van der Waals surface area contributed by atoms with Crippen molar-refractivity contribution in [1.29, 1.82) is 0 Å². The Hall–Kier alpha value is -1.26. The SMILES string of the molecule is O=CCCCCCNC(=O)CCCOCC(=O)[N-]Cc1ccc(CC(=O)N2CCC2=O)cc1.[Rb+]. The van der Waals surface area contributed by atoms with Crippen molar-refractivity contribution >= 4 is 29.9 Å². The molecule has 180 valence electrons. The fourth-order valence-corrected chi connectivity index (χ4v) is 3.18. The van der Waals surface area contributed by atoms with Crippen molar-refractivity contribution < 1.29 is 86.9 Å². The third-order valence-electron chi connectivity index (χ3n) is 5.21. The molecule has 10 heteroatoms. The summed E-state index contributed by atoms with van der Waals surface area (Å²) in [6.07, 6.45) is 5.55. The van der Waals surface area contributed by atoms with Crippen molar-refractivity contribution in [3.05, 3.63) is 40.7 Å². The van der Waals surface area contributed by atoms with Crippen LogP contribution in [0.1, 0.15) is 56.1 Å². The molecule has 1 fully saturated rings. The Balaban J connectivity index is 0.00000578. The quantitative estimate of drug-likeness (QED) is 0.163. The average molecular weight is 544 g/mol. The molecule has 0 aliphatic carbocycles. The van der Waals surface area contributed by atoms with Crippen LogP contribution in [0.2, 0.25) is 0 Å². The van der Waals surface area contributed by atoms with Gasteiger partial charge in [0.15, 0.2) is 0 Å². The van der Waals surface area contributed by atoms with Crippen LogP contribution in [0, 0.1) is 0 Å². The normalized spacial score (nSPS) is 12.4. The molecule has 1 aliphatic heterocycles. The Morgan fingerprint density at radius 3 is 2.44 bits per heavy atom. The number of carbonyl (C=O) groups is 5. The van der Waals surface area contributed by atoms with Crippen molar-refractivity contribution in [2.75, 3.05) is 26.3 Å². The van der Waals surface area contributed by atoms with Gasteiger partial charge < -0.3 is 25.0 Å². The van der Waals surface area contributed by atoms with E-state index in [9.17, 15) is 24.0 Å². The first-order valence-corrected chi connectivity index (χ1v) is 11.4. The third-order valence-corrected chi connectivity index (χ3v) is 5.21. The van der Waals surface area contributed by atoms with Gasteiger partial charge in [-0.05, 0) is 24.8 Å². The Morgan fingerprint density at radius 2 is 1.79 bits per heavy atom. The number of hydrogen-bond acceptors (Lipinski definition) is 6. The zero-order valence-electron chi connectivity index (χ0n) is 19.9.